The molecule has 0 aliphatic carbocycles. The van der Waals surface area contributed by atoms with Crippen molar-refractivity contribution in [1.82, 2.24) is 15.1 Å². The molecule has 1 N–H and O–H groups in total. The molecule has 2 aliphatic rings. The van der Waals surface area contributed by atoms with Crippen molar-refractivity contribution < 1.29 is 0 Å². The minimum Gasteiger partial charge on any atom is -0.315 e. The second-order valence-electron chi connectivity index (χ2n) is 5.61. The van der Waals surface area contributed by atoms with E-state index in [1.54, 1.807) is 0 Å². The van der Waals surface area contributed by atoms with E-state index in [0.29, 0.717) is 0 Å². The molecule has 0 spiro atoms. The van der Waals surface area contributed by atoms with Crippen molar-refractivity contribution in [2.75, 3.05) is 39.3 Å². The van der Waals surface area contributed by atoms with Crippen molar-refractivity contribution in [1.29, 1.82) is 0 Å². The topological polar surface area (TPSA) is 18.5 Å². The Morgan fingerprint density at radius 3 is 2.68 bits per heavy atom. The highest BCUT2D eigenvalue weighted by Crippen LogP contribution is 2.19. The second-order valence-corrected chi connectivity index (χ2v) is 6.53. The van der Waals surface area contributed by atoms with Gasteiger partial charge in [-0.25, -0.2) is 0 Å². The summed E-state index contributed by atoms with van der Waals surface area (Å²) in [5.74, 6) is 0. The number of nitrogens with zero attached hydrogens (tertiary/aromatic N) is 2. The molecule has 0 atom stereocenters. The summed E-state index contributed by atoms with van der Waals surface area (Å²) in [5, 5.41) is 3.48. The highest BCUT2D eigenvalue weighted by Gasteiger charge is 2.31. The molecule has 2 fully saturated rings. The van der Waals surface area contributed by atoms with Crippen LogP contribution in [-0.2, 0) is 6.54 Å². The monoisotopic (exact) mass is 323 g/mol. The van der Waals surface area contributed by atoms with E-state index in [9.17, 15) is 0 Å². The summed E-state index contributed by atoms with van der Waals surface area (Å²) in [7, 11) is 0. The molecule has 1 aromatic carbocycles. The van der Waals surface area contributed by atoms with Crippen LogP contribution in [0.4, 0.5) is 0 Å². The van der Waals surface area contributed by atoms with Crippen molar-refractivity contribution in [2.24, 2.45) is 0 Å². The largest absolute Gasteiger partial charge is 0.315 e. The second kappa shape index (κ2) is 6.35. The summed E-state index contributed by atoms with van der Waals surface area (Å²) in [6.45, 7) is 8.39. The predicted octanol–water partition coefficient (Wildman–Crippen LogP) is 1.93. The molecule has 0 saturated carbocycles. The van der Waals surface area contributed by atoms with Gasteiger partial charge in [0.2, 0.25) is 0 Å². The Labute approximate surface area is 124 Å². The Kier molecular flexibility index (Phi) is 4.53. The van der Waals surface area contributed by atoms with E-state index in [4.69, 9.17) is 0 Å². The number of rotatable bonds is 3. The van der Waals surface area contributed by atoms with Gasteiger partial charge in [0.05, 0.1) is 0 Å². The third-order valence-corrected chi connectivity index (χ3v) is 4.68. The van der Waals surface area contributed by atoms with Crippen LogP contribution in [0, 0.1) is 0 Å². The van der Waals surface area contributed by atoms with Crippen molar-refractivity contribution in [2.45, 2.75) is 19.0 Å². The highest BCUT2D eigenvalue weighted by molar-refractivity contribution is 9.10. The zero-order valence-corrected chi connectivity index (χ0v) is 12.9. The Balaban J connectivity index is 1.45. The zero-order chi connectivity index (χ0) is 13.1. The third kappa shape index (κ3) is 3.57. The quantitative estimate of drug-likeness (QED) is 0.917. The fourth-order valence-electron chi connectivity index (χ4n) is 2.98. The molecule has 0 amide bonds. The molecular weight excluding hydrogens is 302 g/mol. The van der Waals surface area contributed by atoms with Crippen LogP contribution < -0.4 is 5.32 Å². The van der Waals surface area contributed by atoms with Gasteiger partial charge in [0.25, 0.3) is 0 Å². The van der Waals surface area contributed by atoms with Gasteiger partial charge in [-0.1, -0.05) is 28.1 Å². The molecule has 3 rings (SSSR count). The van der Waals surface area contributed by atoms with Crippen LogP contribution in [0.25, 0.3) is 0 Å². The smallest absolute Gasteiger partial charge is 0.0351 e. The Morgan fingerprint density at radius 2 is 1.89 bits per heavy atom. The highest BCUT2D eigenvalue weighted by atomic mass is 79.9. The molecular formula is C15H22BrN3. The maximum atomic E-state index is 3.49. The number of likely N-dealkylation sites (tertiary alicyclic amines) is 1. The Morgan fingerprint density at radius 1 is 1.11 bits per heavy atom. The van der Waals surface area contributed by atoms with Crippen LogP contribution in [0.1, 0.15) is 12.0 Å². The molecule has 1 aromatic rings. The summed E-state index contributed by atoms with van der Waals surface area (Å²) < 4.78 is 1.16. The molecule has 2 heterocycles. The average Bonchev–Trinajstić information content (AvgIpc) is 2.64. The molecule has 0 bridgehead atoms. The SMILES string of the molecule is Brc1ccc(CN2CC(N3CCCNCC3)C2)cc1. The lowest BCUT2D eigenvalue weighted by molar-refractivity contribution is 0.0322. The molecule has 3 nitrogen and oxygen atoms in total. The molecule has 2 saturated heterocycles. The predicted molar refractivity (Wildman–Crippen MR) is 82.3 cm³/mol. The van der Waals surface area contributed by atoms with Gasteiger partial charge in [0, 0.05) is 43.2 Å². The molecule has 2 aliphatic heterocycles. The van der Waals surface area contributed by atoms with Crippen molar-refractivity contribution in [3.63, 3.8) is 0 Å². The van der Waals surface area contributed by atoms with E-state index < -0.39 is 0 Å². The van der Waals surface area contributed by atoms with Crippen molar-refractivity contribution in [3.8, 4) is 0 Å². The summed E-state index contributed by atoms with van der Waals surface area (Å²) in [6, 6.07) is 9.48. The van der Waals surface area contributed by atoms with Crippen LogP contribution in [0.3, 0.4) is 0 Å². The molecule has 19 heavy (non-hydrogen) atoms. The first kappa shape index (κ1) is 13.6. The normalized spacial score (nSPS) is 23.0. The van der Waals surface area contributed by atoms with Crippen molar-refractivity contribution in [3.05, 3.63) is 34.3 Å². The number of benzene rings is 1. The number of hydrogen-bond acceptors (Lipinski definition) is 3. The summed E-state index contributed by atoms with van der Waals surface area (Å²) in [4.78, 5) is 5.21. The lowest BCUT2D eigenvalue weighted by Crippen LogP contribution is -2.59. The molecule has 0 radical (unpaired) electrons. The summed E-state index contributed by atoms with van der Waals surface area (Å²) in [5.41, 5.74) is 1.42. The van der Waals surface area contributed by atoms with Crippen molar-refractivity contribution >= 4 is 15.9 Å². The molecule has 0 aromatic heterocycles. The fourth-order valence-corrected chi connectivity index (χ4v) is 3.25. The zero-order valence-electron chi connectivity index (χ0n) is 11.3. The number of halogens is 1. The van der Waals surface area contributed by atoms with Crippen LogP contribution >= 0.6 is 15.9 Å². The summed E-state index contributed by atoms with van der Waals surface area (Å²) >= 11 is 3.49. The number of hydrogen-bond donors (Lipinski definition) is 1. The molecule has 104 valence electrons. The minimum atomic E-state index is 0.787. The van der Waals surface area contributed by atoms with E-state index >= 15 is 0 Å². The van der Waals surface area contributed by atoms with E-state index in [0.717, 1.165) is 23.6 Å². The van der Waals surface area contributed by atoms with Crippen LogP contribution in [0.2, 0.25) is 0 Å². The first-order valence-corrected chi connectivity index (χ1v) is 8.02. The Hall–Kier alpha value is -0.420. The standard InChI is InChI=1S/C15H22BrN3/c16-14-4-2-13(3-5-14)10-18-11-15(12-18)19-8-1-6-17-7-9-19/h2-5,15,17H,1,6-12H2. The van der Waals surface area contributed by atoms with Gasteiger partial charge in [-0.2, -0.15) is 0 Å². The van der Waals surface area contributed by atoms with E-state index in [1.165, 1.54) is 44.7 Å². The Bertz CT molecular complexity index is 392. The van der Waals surface area contributed by atoms with Gasteiger partial charge < -0.3 is 5.32 Å². The fraction of sp³-hybridized carbons (Fsp3) is 0.600. The summed E-state index contributed by atoms with van der Waals surface area (Å²) in [6.07, 6.45) is 1.29. The van der Waals surface area contributed by atoms with Gasteiger partial charge in [0.1, 0.15) is 0 Å². The van der Waals surface area contributed by atoms with Gasteiger partial charge in [-0.15, -0.1) is 0 Å². The number of nitrogens with one attached hydrogen (secondary N) is 1. The first-order valence-electron chi connectivity index (χ1n) is 7.23. The van der Waals surface area contributed by atoms with E-state index in [-0.39, 0.29) is 0 Å². The average molecular weight is 324 g/mol. The van der Waals surface area contributed by atoms with Gasteiger partial charge in [-0.3, -0.25) is 9.80 Å². The van der Waals surface area contributed by atoms with E-state index in [1.807, 2.05) is 0 Å². The van der Waals surface area contributed by atoms with E-state index in [2.05, 4.69) is 55.3 Å². The van der Waals surface area contributed by atoms with Gasteiger partial charge in [-0.05, 0) is 37.2 Å². The maximum absolute atomic E-state index is 3.49. The third-order valence-electron chi connectivity index (χ3n) is 4.15. The van der Waals surface area contributed by atoms with Gasteiger partial charge >= 0.3 is 0 Å². The van der Waals surface area contributed by atoms with Crippen LogP contribution in [0.15, 0.2) is 28.7 Å². The van der Waals surface area contributed by atoms with Crippen LogP contribution in [-0.4, -0.2) is 55.1 Å². The lowest BCUT2D eigenvalue weighted by Gasteiger charge is -2.45. The maximum Gasteiger partial charge on any atom is 0.0351 e. The molecule has 0 unspecified atom stereocenters. The van der Waals surface area contributed by atoms with Crippen LogP contribution in [0.5, 0.6) is 0 Å². The first-order chi connectivity index (χ1) is 9.31. The minimum absolute atomic E-state index is 0.787. The molecule has 4 heteroatoms. The van der Waals surface area contributed by atoms with Gasteiger partial charge in [0.15, 0.2) is 0 Å². The lowest BCUT2D eigenvalue weighted by atomic mass is 10.1.